The van der Waals surface area contributed by atoms with Crippen molar-refractivity contribution in [3.63, 3.8) is 0 Å². The molecule has 88 valence electrons. The van der Waals surface area contributed by atoms with E-state index in [0.29, 0.717) is 10.6 Å². The summed E-state index contributed by atoms with van der Waals surface area (Å²) in [6.45, 7) is 0. The third-order valence-corrected chi connectivity index (χ3v) is 3.26. The van der Waals surface area contributed by atoms with Gasteiger partial charge in [0.15, 0.2) is 5.69 Å². The lowest BCUT2D eigenvalue weighted by molar-refractivity contribution is 0.0692. The van der Waals surface area contributed by atoms with Crippen LogP contribution < -0.4 is 5.73 Å². The van der Waals surface area contributed by atoms with Crippen molar-refractivity contribution in [3.05, 3.63) is 34.7 Å². The maximum absolute atomic E-state index is 13.2. The zero-order valence-electron chi connectivity index (χ0n) is 8.28. The number of carbonyl (C=O) groups is 1. The molecule has 0 radical (unpaired) electrons. The molecule has 7 heteroatoms. The zero-order valence-corrected chi connectivity index (χ0v) is 9.85. The van der Waals surface area contributed by atoms with E-state index < -0.39 is 11.8 Å². The molecule has 0 amide bonds. The Kier molecular flexibility index (Phi) is 2.99. The Balaban J connectivity index is 2.50. The molecule has 3 N–H and O–H groups in total. The van der Waals surface area contributed by atoms with Gasteiger partial charge in [0.2, 0.25) is 0 Å². The third-order valence-electron chi connectivity index (χ3n) is 2.02. The summed E-state index contributed by atoms with van der Waals surface area (Å²) in [6.07, 6.45) is 0. The van der Waals surface area contributed by atoms with Crippen molar-refractivity contribution < 1.29 is 14.3 Å². The zero-order chi connectivity index (χ0) is 12.6. The Labute approximate surface area is 104 Å². The molecule has 1 heterocycles. The standard InChI is InChI=1S/C10H6ClFN2O2S/c11-5-2-1-4(3-6(5)12)9-14-7(10(15)16)8(13)17-9/h1-3H,13H2,(H,15,16). The van der Waals surface area contributed by atoms with Gasteiger partial charge in [0.1, 0.15) is 15.8 Å². The molecule has 2 rings (SSSR count). The van der Waals surface area contributed by atoms with Gasteiger partial charge in [-0.3, -0.25) is 0 Å². The Morgan fingerprint density at radius 2 is 2.24 bits per heavy atom. The number of hydrogen-bond acceptors (Lipinski definition) is 4. The molecule has 0 atom stereocenters. The summed E-state index contributed by atoms with van der Waals surface area (Å²) in [5, 5.41) is 9.22. The van der Waals surface area contributed by atoms with Gasteiger partial charge in [-0.25, -0.2) is 14.2 Å². The Bertz CT molecular complexity index is 600. The predicted molar refractivity (Wildman–Crippen MR) is 63.9 cm³/mol. The molecule has 0 saturated heterocycles. The fourth-order valence-electron chi connectivity index (χ4n) is 1.24. The lowest BCUT2D eigenvalue weighted by Gasteiger charge is -1.97. The number of carboxylic acid groups (broad SMARTS) is 1. The SMILES string of the molecule is Nc1sc(-c2ccc(Cl)c(F)c2)nc1C(=O)O. The number of nitrogens with zero attached hydrogens (tertiary/aromatic N) is 1. The van der Waals surface area contributed by atoms with E-state index in [1.807, 2.05) is 0 Å². The summed E-state index contributed by atoms with van der Waals surface area (Å²) < 4.78 is 13.2. The van der Waals surface area contributed by atoms with Gasteiger partial charge >= 0.3 is 5.97 Å². The highest BCUT2D eigenvalue weighted by molar-refractivity contribution is 7.19. The van der Waals surface area contributed by atoms with Crippen LogP contribution in [0, 0.1) is 5.82 Å². The van der Waals surface area contributed by atoms with Crippen LogP contribution in [0.1, 0.15) is 10.5 Å². The van der Waals surface area contributed by atoms with Crippen molar-refractivity contribution in [1.82, 2.24) is 4.98 Å². The molecular formula is C10H6ClFN2O2S. The molecule has 0 aliphatic heterocycles. The summed E-state index contributed by atoms with van der Waals surface area (Å²) >= 11 is 6.53. The smallest absolute Gasteiger partial charge is 0.357 e. The van der Waals surface area contributed by atoms with Crippen LogP contribution >= 0.6 is 22.9 Å². The van der Waals surface area contributed by atoms with Gasteiger partial charge < -0.3 is 10.8 Å². The van der Waals surface area contributed by atoms with Gasteiger partial charge in [-0.1, -0.05) is 29.0 Å². The molecule has 0 spiro atoms. The molecule has 4 nitrogen and oxygen atoms in total. The van der Waals surface area contributed by atoms with Gasteiger partial charge in [0.05, 0.1) is 5.02 Å². The summed E-state index contributed by atoms with van der Waals surface area (Å²) in [4.78, 5) is 14.6. The van der Waals surface area contributed by atoms with E-state index in [-0.39, 0.29) is 15.7 Å². The minimum atomic E-state index is -1.21. The highest BCUT2D eigenvalue weighted by Crippen LogP contribution is 2.31. The number of rotatable bonds is 2. The van der Waals surface area contributed by atoms with E-state index in [1.165, 1.54) is 12.1 Å². The molecule has 0 aliphatic rings. The number of nitrogens with two attached hydrogens (primary N) is 1. The van der Waals surface area contributed by atoms with Crippen LogP contribution in [0.4, 0.5) is 9.39 Å². The Morgan fingerprint density at radius 3 is 2.76 bits per heavy atom. The van der Waals surface area contributed by atoms with E-state index in [1.54, 1.807) is 6.07 Å². The molecule has 0 bridgehead atoms. The number of aromatic carboxylic acids is 1. The number of aromatic nitrogens is 1. The summed E-state index contributed by atoms with van der Waals surface area (Å²) in [5.41, 5.74) is 5.72. The number of hydrogen-bond donors (Lipinski definition) is 2. The lowest BCUT2D eigenvalue weighted by atomic mass is 10.2. The van der Waals surface area contributed by atoms with Crippen LogP contribution in [0.15, 0.2) is 18.2 Å². The molecule has 0 saturated carbocycles. The number of carboxylic acids is 1. The topological polar surface area (TPSA) is 76.2 Å². The second-order valence-corrected chi connectivity index (χ2v) is 4.60. The van der Waals surface area contributed by atoms with Crippen molar-refractivity contribution in [2.24, 2.45) is 0 Å². The number of thiazole rings is 1. The molecule has 1 aromatic carbocycles. The summed E-state index contributed by atoms with van der Waals surface area (Å²) in [7, 11) is 0. The van der Waals surface area contributed by atoms with Gasteiger partial charge in [-0.15, -0.1) is 0 Å². The number of benzene rings is 1. The fraction of sp³-hybridized carbons (Fsp3) is 0. The Morgan fingerprint density at radius 1 is 1.53 bits per heavy atom. The van der Waals surface area contributed by atoms with Crippen molar-refractivity contribution in [1.29, 1.82) is 0 Å². The van der Waals surface area contributed by atoms with Crippen LogP contribution in [0.25, 0.3) is 10.6 Å². The van der Waals surface area contributed by atoms with E-state index in [2.05, 4.69) is 4.98 Å². The van der Waals surface area contributed by atoms with E-state index in [9.17, 15) is 9.18 Å². The maximum Gasteiger partial charge on any atom is 0.357 e. The fourth-order valence-corrected chi connectivity index (χ4v) is 2.18. The van der Waals surface area contributed by atoms with Gasteiger partial charge in [-0.05, 0) is 12.1 Å². The number of nitrogen functional groups attached to an aromatic ring is 1. The number of anilines is 1. The lowest BCUT2D eigenvalue weighted by Crippen LogP contribution is -2.00. The van der Waals surface area contributed by atoms with Crippen LogP contribution in [-0.4, -0.2) is 16.1 Å². The number of halogens is 2. The van der Waals surface area contributed by atoms with Crippen LogP contribution in [-0.2, 0) is 0 Å². The summed E-state index contributed by atoms with van der Waals surface area (Å²) in [5.74, 6) is -1.80. The second-order valence-electron chi connectivity index (χ2n) is 3.17. The van der Waals surface area contributed by atoms with Crippen LogP contribution in [0.5, 0.6) is 0 Å². The Hall–Kier alpha value is -1.66. The van der Waals surface area contributed by atoms with Crippen molar-refractivity contribution in [2.45, 2.75) is 0 Å². The van der Waals surface area contributed by atoms with E-state index in [4.69, 9.17) is 22.4 Å². The average molecular weight is 273 g/mol. The molecule has 0 fully saturated rings. The molecular weight excluding hydrogens is 267 g/mol. The largest absolute Gasteiger partial charge is 0.476 e. The quantitative estimate of drug-likeness (QED) is 0.881. The van der Waals surface area contributed by atoms with Crippen molar-refractivity contribution in [3.8, 4) is 10.6 Å². The highest BCUT2D eigenvalue weighted by Gasteiger charge is 2.16. The molecule has 0 unspecified atom stereocenters. The summed E-state index contributed by atoms with van der Waals surface area (Å²) in [6, 6.07) is 4.12. The van der Waals surface area contributed by atoms with Gasteiger partial charge in [-0.2, -0.15) is 0 Å². The first kappa shape index (κ1) is 11.8. The molecule has 2 aromatic rings. The molecule has 1 aromatic heterocycles. The molecule has 0 aliphatic carbocycles. The molecule has 17 heavy (non-hydrogen) atoms. The maximum atomic E-state index is 13.2. The van der Waals surface area contributed by atoms with Crippen molar-refractivity contribution >= 4 is 33.9 Å². The monoisotopic (exact) mass is 272 g/mol. The first-order valence-corrected chi connectivity index (χ1v) is 5.63. The normalized spacial score (nSPS) is 10.5. The van der Waals surface area contributed by atoms with E-state index >= 15 is 0 Å². The predicted octanol–water partition coefficient (Wildman–Crippen LogP) is 2.88. The third kappa shape index (κ3) is 2.22. The van der Waals surface area contributed by atoms with Gasteiger partial charge in [0.25, 0.3) is 0 Å². The van der Waals surface area contributed by atoms with Crippen molar-refractivity contribution in [2.75, 3.05) is 5.73 Å². The first-order valence-electron chi connectivity index (χ1n) is 4.44. The minimum absolute atomic E-state index is 0.00302. The van der Waals surface area contributed by atoms with Crippen LogP contribution in [0.3, 0.4) is 0 Å². The minimum Gasteiger partial charge on any atom is -0.476 e. The first-order chi connectivity index (χ1) is 7.99. The average Bonchev–Trinajstić information content (AvgIpc) is 2.64. The van der Waals surface area contributed by atoms with Crippen LogP contribution in [0.2, 0.25) is 5.02 Å². The van der Waals surface area contributed by atoms with E-state index in [0.717, 1.165) is 11.3 Å². The highest BCUT2D eigenvalue weighted by atomic mass is 35.5. The van der Waals surface area contributed by atoms with Gasteiger partial charge in [0, 0.05) is 5.56 Å². The second kappa shape index (κ2) is 4.31.